The zero-order chi connectivity index (χ0) is 23.8. The van der Waals surface area contributed by atoms with Gasteiger partial charge in [-0.25, -0.2) is 0 Å². The van der Waals surface area contributed by atoms with E-state index < -0.39 is 0 Å². The van der Waals surface area contributed by atoms with Crippen LogP contribution in [0.1, 0.15) is 11.5 Å². The number of nitrogens with zero attached hydrogens (tertiary/aromatic N) is 4. The smallest absolute Gasteiger partial charge is 0.241 e. The van der Waals surface area contributed by atoms with Gasteiger partial charge in [0, 0.05) is 31.7 Å². The van der Waals surface area contributed by atoms with Gasteiger partial charge >= 0.3 is 0 Å². The lowest BCUT2D eigenvalue weighted by atomic mass is 10.2. The van der Waals surface area contributed by atoms with Crippen molar-refractivity contribution in [3.05, 3.63) is 60.0 Å². The second-order valence-corrected chi connectivity index (χ2v) is 8.31. The van der Waals surface area contributed by atoms with E-state index in [0.717, 1.165) is 48.8 Å². The van der Waals surface area contributed by atoms with Gasteiger partial charge in [0.2, 0.25) is 17.6 Å². The molecule has 4 rings (SSSR count). The summed E-state index contributed by atoms with van der Waals surface area (Å²) in [6, 6.07) is 15.4. The van der Waals surface area contributed by atoms with E-state index in [1.54, 1.807) is 7.11 Å². The monoisotopic (exact) mass is 465 g/mol. The van der Waals surface area contributed by atoms with Gasteiger partial charge in [-0.1, -0.05) is 17.3 Å². The Hall–Kier alpha value is -3.43. The van der Waals surface area contributed by atoms with Gasteiger partial charge in [0.15, 0.2) is 0 Å². The van der Waals surface area contributed by atoms with Crippen LogP contribution in [0.4, 0.5) is 0 Å². The number of benzene rings is 2. The molecule has 0 radical (unpaired) electrons. The van der Waals surface area contributed by atoms with E-state index in [2.05, 4.69) is 25.3 Å². The van der Waals surface area contributed by atoms with Gasteiger partial charge in [0.05, 0.1) is 26.7 Å². The largest absolute Gasteiger partial charge is 0.497 e. The van der Waals surface area contributed by atoms with Crippen molar-refractivity contribution in [3.63, 3.8) is 0 Å². The van der Waals surface area contributed by atoms with E-state index in [0.29, 0.717) is 38.0 Å². The molecule has 1 aromatic heterocycles. The maximum absolute atomic E-state index is 12.3. The van der Waals surface area contributed by atoms with Gasteiger partial charge in [0.25, 0.3) is 0 Å². The minimum Gasteiger partial charge on any atom is -0.497 e. The number of carbonyl (C=O) groups excluding carboxylic acids is 1. The van der Waals surface area contributed by atoms with Crippen LogP contribution in [0.2, 0.25) is 0 Å². The molecule has 34 heavy (non-hydrogen) atoms. The molecule has 9 nitrogen and oxygen atoms in total. The molecule has 0 saturated carbocycles. The van der Waals surface area contributed by atoms with Crippen LogP contribution in [0.5, 0.6) is 11.5 Å². The Morgan fingerprint density at radius 1 is 1.06 bits per heavy atom. The summed E-state index contributed by atoms with van der Waals surface area (Å²) >= 11 is 0. The van der Waals surface area contributed by atoms with Gasteiger partial charge in [0.1, 0.15) is 18.1 Å². The van der Waals surface area contributed by atoms with Crippen LogP contribution in [-0.4, -0.2) is 78.8 Å². The van der Waals surface area contributed by atoms with Crippen LogP contribution in [0.25, 0.3) is 11.4 Å². The summed E-state index contributed by atoms with van der Waals surface area (Å²) in [4.78, 5) is 21.2. The maximum atomic E-state index is 12.3. The molecule has 9 heteroatoms. The number of hydrogen-bond donors (Lipinski definition) is 1. The molecule has 1 aliphatic heterocycles. The summed E-state index contributed by atoms with van der Waals surface area (Å²) in [6.45, 7) is 7.25. The maximum Gasteiger partial charge on any atom is 0.241 e. The number of ether oxygens (including phenoxy) is 2. The fourth-order valence-electron chi connectivity index (χ4n) is 3.80. The van der Waals surface area contributed by atoms with Crippen LogP contribution in [0, 0.1) is 6.92 Å². The minimum absolute atomic E-state index is 0.0160. The van der Waals surface area contributed by atoms with Gasteiger partial charge in [-0.2, -0.15) is 4.98 Å². The average molecular weight is 466 g/mol. The number of amides is 1. The number of aromatic nitrogens is 2. The lowest BCUT2D eigenvalue weighted by Crippen LogP contribution is -2.49. The summed E-state index contributed by atoms with van der Waals surface area (Å²) in [5.74, 6) is 2.78. The fourth-order valence-corrected chi connectivity index (χ4v) is 3.80. The van der Waals surface area contributed by atoms with Gasteiger partial charge in [-0.15, -0.1) is 0 Å². The Bertz CT molecular complexity index is 1060. The fraction of sp³-hybridized carbons (Fsp3) is 0.400. The minimum atomic E-state index is 0.0160. The SMILES string of the molecule is COc1ccc(-c2noc(CN3CCN(CC(=O)NCCOc4cccc(C)c4)CC3)n2)cc1. The van der Waals surface area contributed by atoms with Crippen LogP contribution >= 0.6 is 0 Å². The summed E-state index contributed by atoms with van der Waals surface area (Å²) in [7, 11) is 1.64. The number of aryl methyl sites for hydroxylation is 1. The van der Waals surface area contributed by atoms with Crippen LogP contribution in [0.15, 0.2) is 53.1 Å². The molecule has 0 bridgehead atoms. The number of methoxy groups -OCH3 is 1. The zero-order valence-corrected chi connectivity index (χ0v) is 19.7. The van der Waals surface area contributed by atoms with E-state index >= 15 is 0 Å². The highest BCUT2D eigenvalue weighted by atomic mass is 16.5. The number of hydrogen-bond acceptors (Lipinski definition) is 8. The van der Waals surface area contributed by atoms with Gasteiger partial charge in [-0.3, -0.25) is 14.6 Å². The molecule has 1 fully saturated rings. The first-order chi connectivity index (χ1) is 16.6. The number of rotatable bonds is 10. The molecule has 0 aliphatic carbocycles. The van der Waals surface area contributed by atoms with E-state index in [4.69, 9.17) is 14.0 Å². The molecule has 0 unspecified atom stereocenters. The Balaban J connectivity index is 1.14. The van der Waals surface area contributed by atoms with E-state index in [9.17, 15) is 4.79 Å². The molecule has 180 valence electrons. The quantitative estimate of drug-likeness (QED) is 0.456. The standard InChI is InChI=1S/C25H31N5O4/c1-19-4-3-5-22(16-19)33-15-10-26-23(31)17-29-11-13-30(14-12-29)18-24-27-25(28-34-24)20-6-8-21(32-2)9-7-20/h3-9,16H,10-15,17-18H2,1-2H3,(H,26,31). The molecular formula is C25H31N5O4. The highest BCUT2D eigenvalue weighted by Gasteiger charge is 2.21. The van der Waals surface area contributed by atoms with Crippen LogP contribution in [0.3, 0.4) is 0 Å². The molecule has 3 aromatic rings. The first-order valence-electron chi connectivity index (χ1n) is 11.5. The zero-order valence-electron chi connectivity index (χ0n) is 19.7. The second kappa shape index (κ2) is 11.6. The number of nitrogens with one attached hydrogen (secondary N) is 1. The van der Waals surface area contributed by atoms with Crippen LogP contribution < -0.4 is 14.8 Å². The van der Waals surface area contributed by atoms with Crippen molar-refractivity contribution >= 4 is 5.91 Å². The Morgan fingerprint density at radius 2 is 1.82 bits per heavy atom. The Morgan fingerprint density at radius 3 is 2.56 bits per heavy atom. The third-order valence-corrected chi connectivity index (χ3v) is 5.69. The van der Waals surface area contributed by atoms with Crippen LogP contribution in [-0.2, 0) is 11.3 Å². The van der Waals surface area contributed by atoms with E-state index in [1.807, 2.05) is 55.5 Å². The normalized spacial score (nSPS) is 14.6. The van der Waals surface area contributed by atoms with Crippen molar-refractivity contribution in [1.29, 1.82) is 0 Å². The summed E-state index contributed by atoms with van der Waals surface area (Å²) in [5.41, 5.74) is 2.04. The van der Waals surface area contributed by atoms with Crippen molar-refractivity contribution in [2.45, 2.75) is 13.5 Å². The van der Waals surface area contributed by atoms with Crippen molar-refractivity contribution in [3.8, 4) is 22.9 Å². The summed E-state index contributed by atoms with van der Waals surface area (Å²) in [5, 5.41) is 7.02. The second-order valence-electron chi connectivity index (χ2n) is 8.31. The lowest BCUT2D eigenvalue weighted by Gasteiger charge is -2.33. The molecule has 0 spiro atoms. The first kappa shape index (κ1) is 23.7. The molecule has 0 atom stereocenters. The molecular weight excluding hydrogens is 434 g/mol. The highest BCUT2D eigenvalue weighted by molar-refractivity contribution is 5.78. The molecule has 2 aromatic carbocycles. The number of carbonyl (C=O) groups is 1. The topological polar surface area (TPSA) is 93.0 Å². The first-order valence-corrected chi connectivity index (χ1v) is 11.5. The Labute approximate surface area is 199 Å². The third kappa shape index (κ3) is 6.79. The summed E-state index contributed by atoms with van der Waals surface area (Å²) in [6.07, 6.45) is 0. The molecule has 1 N–H and O–H groups in total. The van der Waals surface area contributed by atoms with Gasteiger partial charge in [-0.05, 0) is 48.9 Å². The van der Waals surface area contributed by atoms with Crippen molar-refractivity contribution in [2.24, 2.45) is 0 Å². The summed E-state index contributed by atoms with van der Waals surface area (Å²) < 4.78 is 16.3. The van der Waals surface area contributed by atoms with E-state index in [1.165, 1.54) is 0 Å². The van der Waals surface area contributed by atoms with Gasteiger partial charge < -0.3 is 19.3 Å². The van der Waals surface area contributed by atoms with E-state index in [-0.39, 0.29) is 5.91 Å². The lowest BCUT2D eigenvalue weighted by molar-refractivity contribution is -0.122. The molecule has 1 aliphatic rings. The predicted molar refractivity (Wildman–Crippen MR) is 128 cm³/mol. The molecule has 1 amide bonds. The molecule has 2 heterocycles. The molecule has 1 saturated heterocycles. The number of piperazine rings is 1. The van der Waals surface area contributed by atoms with Crippen molar-refractivity contribution in [2.75, 3.05) is 53.0 Å². The van der Waals surface area contributed by atoms with Crippen molar-refractivity contribution < 1.29 is 18.8 Å². The van der Waals surface area contributed by atoms with Crippen molar-refractivity contribution in [1.82, 2.24) is 25.3 Å². The third-order valence-electron chi connectivity index (χ3n) is 5.69. The Kier molecular flexibility index (Phi) is 8.11. The highest BCUT2D eigenvalue weighted by Crippen LogP contribution is 2.20. The predicted octanol–water partition coefficient (Wildman–Crippen LogP) is 2.37. The average Bonchev–Trinajstić information content (AvgIpc) is 3.32.